The summed E-state index contributed by atoms with van der Waals surface area (Å²) in [6.45, 7) is 5.04. The van der Waals surface area contributed by atoms with E-state index in [4.69, 9.17) is 4.74 Å². The van der Waals surface area contributed by atoms with Gasteiger partial charge in [-0.05, 0) is 23.6 Å². The van der Waals surface area contributed by atoms with E-state index in [1.165, 1.54) is 0 Å². The van der Waals surface area contributed by atoms with Gasteiger partial charge in [0, 0.05) is 24.4 Å². The van der Waals surface area contributed by atoms with Crippen molar-refractivity contribution in [1.29, 1.82) is 0 Å². The van der Waals surface area contributed by atoms with E-state index in [1.807, 2.05) is 53.2 Å². The number of carbonyl (C=O) groups is 1. The summed E-state index contributed by atoms with van der Waals surface area (Å²) >= 11 is 0. The Morgan fingerprint density at radius 3 is 2.58 bits per heavy atom. The van der Waals surface area contributed by atoms with E-state index in [0.29, 0.717) is 18.0 Å². The summed E-state index contributed by atoms with van der Waals surface area (Å²) < 4.78 is 7.24. The van der Waals surface area contributed by atoms with Crippen LogP contribution in [0, 0.1) is 5.92 Å². The van der Waals surface area contributed by atoms with Gasteiger partial charge in [0.15, 0.2) is 5.78 Å². The van der Waals surface area contributed by atoms with Crippen molar-refractivity contribution in [2.75, 3.05) is 7.11 Å². The van der Waals surface area contributed by atoms with Crippen molar-refractivity contribution >= 4 is 16.7 Å². The predicted octanol–water partition coefficient (Wildman–Crippen LogP) is 4.13. The molecule has 0 spiro atoms. The topological polar surface area (TPSA) is 44.1 Å². The Bertz CT molecular complexity index is 851. The third-order valence-corrected chi connectivity index (χ3v) is 3.97. The standard InChI is InChI=1S/C20H22N2O2/c1-14(2)13-22-18-12-16(24-3)9-10-17(18)20(21-22)19(23)11-15-7-5-4-6-8-15/h4-10,12,14H,11,13H2,1-3H3. The maximum absolute atomic E-state index is 12.8. The average Bonchev–Trinajstić information content (AvgIpc) is 2.93. The van der Waals surface area contributed by atoms with Gasteiger partial charge < -0.3 is 4.74 Å². The van der Waals surface area contributed by atoms with Crippen molar-refractivity contribution in [3.63, 3.8) is 0 Å². The molecular formula is C20H22N2O2. The first-order chi connectivity index (χ1) is 11.6. The Morgan fingerprint density at radius 1 is 1.17 bits per heavy atom. The van der Waals surface area contributed by atoms with Gasteiger partial charge in [-0.1, -0.05) is 44.2 Å². The summed E-state index contributed by atoms with van der Waals surface area (Å²) in [5, 5.41) is 5.50. The molecule has 0 aliphatic carbocycles. The number of ether oxygens (including phenoxy) is 1. The normalized spacial score (nSPS) is 11.2. The second kappa shape index (κ2) is 6.87. The Kier molecular flexibility index (Phi) is 4.65. The van der Waals surface area contributed by atoms with Crippen LogP contribution in [0.3, 0.4) is 0 Å². The molecule has 2 aromatic carbocycles. The van der Waals surface area contributed by atoms with E-state index >= 15 is 0 Å². The Morgan fingerprint density at radius 2 is 1.92 bits per heavy atom. The van der Waals surface area contributed by atoms with Gasteiger partial charge in [-0.25, -0.2) is 0 Å². The molecule has 0 fully saturated rings. The molecule has 0 amide bonds. The molecular weight excluding hydrogens is 300 g/mol. The molecule has 0 aliphatic rings. The molecule has 0 aliphatic heterocycles. The Labute approximate surface area is 142 Å². The number of benzene rings is 2. The molecule has 1 aromatic heterocycles. The fourth-order valence-electron chi connectivity index (χ4n) is 2.84. The molecule has 3 aromatic rings. The summed E-state index contributed by atoms with van der Waals surface area (Å²) in [5.41, 5.74) is 2.49. The van der Waals surface area contributed by atoms with Crippen LogP contribution in [0.4, 0.5) is 0 Å². The SMILES string of the molecule is COc1ccc2c(C(=O)Cc3ccccc3)nn(CC(C)C)c2c1. The highest BCUT2D eigenvalue weighted by Gasteiger charge is 2.18. The lowest BCUT2D eigenvalue weighted by Gasteiger charge is -2.07. The zero-order valence-electron chi connectivity index (χ0n) is 14.3. The number of hydrogen-bond acceptors (Lipinski definition) is 3. The molecule has 3 rings (SSSR count). The maximum atomic E-state index is 12.8. The van der Waals surface area contributed by atoms with Gasteiger partial charge in [0.2, 0.25) is 0 Å². The lowest BCUT2D eigenvalue weighted by molar-refractivity contribution is 0.0988. The fourth-order valence-corrected chi connectivity index (χ4v) is 2.84. The number of ketones is 1. The second-order valence-corrected chi connectivity index (χ2v) is 6.39. The molecule has 0 unspecified atom stereocenters. The molecule has 0 saturated heterocycles. The summed E-state index contributed by atoms with van der Waals surface area (Å²) in [7, 11) is 1.64. The van der Waals surface area contributed by atoms with Crippen LogP contribution in [0.2, 0.25) is 0 Å². The zero-order chi connectivity index (χ0) is 17.1. The van der Waals surface area contributed by atoms with Crippen LogP contribution in [0.15, 0.2) is 48.5 Å². The van der Waals surface area contributed by atoms with Crippen LogP contribution in [-0.4, -0.2) is 22.7 Å². The highest BCUT2D eigenvalue weighted by atomic mass is 16.5. The molecule has 0 saturated carbocycles. The minimum absolute atomic E-state index is 0.0406. The number of aromatic nitrogens is 2. The zero-order valence-corrected chi connectivity index (χ0v) is 14.3. The molecule has 0 N–H and O–H groups in total. The molecule has 0 bridgehead atoms. The van der Waals surface area contributed by atoms with Crippen LogP contribution in [0.5, 0.6) is 5.75 Å². The minimum atomic E-state index is 0.0406. The Hall–Kier alpha value is -2.62. The van der Waals surface area contributed by atoms with Gasteiger partial charge in [-0.2, -0.15) is 5.10 Å². The fraction of sp³-hybridized carbons (Fsp3) is 0.300. The van der Waals surface area contributed by atoms with Crippen molar-refractivity contribution < 1.29 is 9.53 Å². The first-order valence-electron chi connectivity index (χ1n) is 8.20. The van der Waals surface area contributed by atoms with Crippen LogP contribution >= 0.6 is 0 Å². The molecule has 24 heavy (non-hydrogen) atoms. The molecule has 124 valence electrons. The van der Waals surface area contributed by atoms with Crippen molar-refractivity contribution in [2.45, 2.75) is 26.8 Å². The maximum Gasteiger partial charge on any atom is 0.188 e. The van der Waals surface area contributed by atoms with E-state index in [0.717, 1.165) is 28.8 Å². The Balaban J connectivity index is 2.02. The van der Waals surface area contributed by atoms with Gasteiger partial charge in [-0.15, -0.1) is 0 Å². The molecule has 0 atom stereocenters. The summed E-state index contributed by atoms with van der Waals surface area (Å²) in [4.78, 5) is 12.8. The first-order valence-corrected chi connectivity index (χ1v) is 8.20. The summed E-state index contributed by atoms with van der Waals surface area (Å²) in [6, 6.07) is 15.5. The van der Waals surface area contributed by atoms with Crippen LogP contribution in [-0.2, 0) is 13.0 Å². The number of hydrogen-bond donors (Lipinski definition) is 0. The number of nitrogens with zero attached hydrogens (tertiary/aromatic N) is 2. The first kappa shape index (κ1) is 16.2. The molecule has 1 heterocycles. The third kappa shape index (κ3) is 3.32. The van der Waals surface area contributed by atoms with E-state index in [9.17, 15) is 4.79 Å². The van der Waals surface area contributed by atoms with Gasteiger partial charge in [0.05, 0.1) is 12.6 Å². The number of Topliss-reactive ketones (excluding diaryl/α,β-unsaturated/α-hetero) is 1. The summed E-state index contributed by atoms with van der Waals surface area (Å²) in [6.07, 6.45) is 0.362. The number of methoxy groups -OCH3 is 1. The number of rotatable bonds is 6. The van der Waals surface area contributed by atoms with Crippen molar-refractivity contribution in [2.24, 2.45) is 5.92 Å². The van der Waals surface area contributed by atoms with E-state index in [-0.39, 0.29) is 5.78 Å². The quantitative estimate of drug-likeness (QED) is 0.641. The third-order valence-electron chi connectivity index (χ3n) is 3.97. The van der Waals surface area contributed by atoms with Gasteiger partial charge in [-0.3, -0.25) is 9.48 Å². The lowest BCUT2D eigenvalue weighted by atomic mass is 10.0. The van der Waals surface area contributed by atoms with Crippen LogP contribution in [0.1, 0.15) is 29.9 Å². The smallest absolute Gasteiger partial charge is 0.188 e. The van der Waals surface area contributed by atoms with E-state index in [2.05, 4.69) is 18.9 Å². The highest BCUT2D eigenvalue weighted by Crippen LogP contribution is 2.25. The predicted molar refractivity (Wildman–Crippen MR) is 95.6 cm³/mol. The van der Waals surface area contributed by atoms with E-state index < -0.39 is 0 Å². The molecule has 0 radical (unpaired) electrons. The van der Waals surface area contributed by atoms with Crippen molar-refractivity contribution in [3.05, 3.63) is 59.8 Å². The van der Waals surface area contributed by atoms with E-state index in [1.54, 1.807) is 7.11 Å². The minimum Gasteiger partial charge on any atom is -0.497 e. The van der Waals surface area contributed by atoms with Crippen molar-refractivity contribution in [1.82, 2.24) is 9.78 Å². The average molecular weight is 322 g/mol. The van der Waals surface area contributed by atoms with Crippen molar-refractivity contribution in [3.8, 4) is 5.75 Å². The number of fused-ring (bicyclic) bond motifs is 1. The highest BCUT2D eigenvalue weighted by molar-refractivity contribution is 6.07. The molecule has 4 nitrogen and oxygen atoms in total. The van der Waals surface area contributed by atoms with Gasteiger partial charge >= 0.3 is 0 Å². The van der Waals surface area contributed by atoms with Crippen LogP contribution < -0.4 is 4.74 Å². The number of carbonyl (C=O) groups excluding carboxylic acids is 1. The van der Waals surface area contributed by atoms with Gasteiger partial charge in [0.25, 0.3) is 0 Å². The lowest BCUT2D eigenvalue weighted by Crippen LogP contribution is -2.09. The molecule has 4 heteroatoms. The second-order valence-electron chi connectivity index (χ2n) is 6.39. The monoisotopic (exact) mass is 322 g/mol. The largest absolute Gasteiger partial charge is 0.497 e. The van der Waals surface area contributed by atoms with Gasteiger partial charge in [0.1, 0.15) is 11.4 Å². The summed E-state index contributed by atoms with van der Waals surface area (Å²) in [5.74, 6) is 1.25. The van der Waals surface area contributed by atoms with Crippen LogP contribution in [0.25, 0.3) is 10.9 Å².